The number of hydrogen-bond acceptors (Lipinski definition) is 6. The summed E-state index contributed by atoms with van der Waals surface area (Å²) in [7, 11) is 0. The number of amides is 1. The summed E-state index contributed by atoms with van der Waals surface area (Å²) in [5.74, 6) is 1.28. The summed E-state index contributed by atoms with van der Waals surface area (Å²) in [6, 6.07) is 10.0. The van der Waals surface area contributed by atoms with Crippen LogP contribution < -0.4 is 4.90 Å². The van der Waals surface area contributed by atoms with Gasteiger partial charge in [-0.2, -0.15) is 0 Å². The molecule has 1 amide bonds. The number of morpholine rings is 1. The SMILES string of the molecule is CCN(CC)C(=O)CSc1nnc(N2CCOCC2)n1-c1ccccc1. The Morgan fingerprint density at radius 3 is 2.50 bits per heavy atom. The maximum absolute atomic E-state index is 12.4. The molecule has 1 fully saturated rings. The molecule has 1 aromatic carbocycles. The zero-order valence-electron chi connectivity index (χ0n) is 15.3. The first-order valence-electron chi connectivity index (χ1n) is 8.98. The second kappa shape index (κ2) is 9.05. The fraction of sp³-hybridized carbons (Fsp3) is 0.500. The number of carbonyl (C=O) groups excluding carboxylic acids is 1. The number of anilines is 1. The number of aromatic nitrogens is 3. The minimum absolute atomic E-state index is 0.121. The van der Waals surface area contributed by atoms with E-state index in [0.29, 0.717) is 19.0 Å². The van der Waals surface area contributed by atoms with Crippen molar-refractivity contribution in [2.75, 3.05) is 50.0 Å². The molecule has 7 nitrogen and oxygen atoms in total. The van der Waals surface area contributed by atoms with E-state index in [4.69, 9.17) is 4.74 Å². The number of carbonyl (C=O) groups is 1. The minimum Gasteiger partial charge on any atom is -0.378 e. The molecule has 0 bridgehead atoms. The van der Waals surface area contributed by atoms with E-state index in [1.165, 1.54) is 11.8 Å². The first-order chi connectivity index (χ1) is 12.7. The van der Waals surface area contributed by atoms with Crippen LogP contribution in [-0.2, 0) is 9.53 Å². The molecule has 26 heavy (non-hydrogen) atoms. The number of nitrogens with zero attached hydrogens (tertiary/aromatic N) is 5. The second-order valence-electron chi connectivity index (χ2n) is 5.91. The Bertz CT molecular complexity index is 712. The van der Waals surface area contributed by atoms with Gasteiger partial charge in [0.1, 0.15) is 0 Å². The van der Waals surface area contributed by atoms with E-state index in [0.717, 1.165) is 43.0 Å². The van der Waals surface area contributed by atoms with Crippen molar-refractivity contribution >= 4 is 23.6 Å². The molecule has 0 unspecified atom stereocenters. The highest BCUT2D eigenvalue weighted by Gasteiger charge is 2.22. The molecule has 1 aliphatic rings. The maximum Gasteiger partial charge on any atom is 0.233 e. The van der Waals surface area contributed by atoms with Crippen LogP contribution in [0, 0.1) is 0 Å². The van der Waals surface area contributed by atoms with E-state index >= 15 is 0 Å². The van der Waals surface area contributed by atoms with Crippen LogP contribution in [0.3, 0.4) is 0 Å². The fourth-order valence-electron chi connectivity index (χ4n) is 2.92. The van der Waals surface area contributed by atoms with Gasteiger partial charge >= 0.3 is 0 Å². The Morgan fingerprint density at radius 2 is 1.85 bits per heavy atom. The van der Waals surface area contributed by atoms with E-state index in [9.17, 15) is 4.79 Å². The van der Waals surface area contributed by atoms with Gasteiger partial charge in [-0.05, 0) is 26.0 Å². The van der Waals surface area contributed by atoms with E-state index in [1.807, 2.05) is 53.6 Å². The highest BCUT2D eigenvalue weighted by atomic mass is 32.2. The molecule has 3 rings (SSSR count). The van der Waals surface area contributed by atoms with Gasteiger partial charge < -0.3 is 14.5 Å². The number of rotatable bonds is 7. The zero-order chi connectivity index (χ0) is 18.4. The van der Waals surface area contributed by atoms with Crippen LogP contribution in [0.2, 0.25) is 0 Å². The number of benzene rings is 1. The van der Waals surface area contributed by atoms with Gasteiger partial charge in [-0.1, -0.05) is 30.0 Å². The predicted molar refractivity (Wildman–Crippen MR) is 103 cm³/mol. The quantitative estimate of drug-likeness (QED) is 0.691. The first kappa shape index (κ1) is 18.7. The lowest BCUT2D eigenvalue weighted by Gasteiger charge is -2.28. The lowest BCUT2D eigenvalue weighted by atomic mass is 10.3. The van der Waals surface area contributed by atoms with Crippen LogP contribution in [-0.4, -0.2) is 70.7 Å². The Kier molecular flexibility index (Phi) is 6.51. The second-order valence-corrected chi connectivity index (χ2v) is 6.85. The molecular weight excluding hydrogens is 350 g/mol. The van der Waals surface area contributed by atoms with Crippen LogP contribution in [0.4, 0.5) is 5.95 Å². The van der Waals surface area contributed by atoms with Crippen molar-refractivity contribution in [3.63, 3.8) is 0 Å². The summed E-state index contributed by atoms with van der Waals surface area (Å²) in [4.78, 5) is 16.4. The van der Waals surface area contributed by atoms with E-state index < -0.39 is 0 Å². The number of ether oxygens (including phenoxy) is 1. The minimum atomic E-state index is 0.121. The predicted octanol–water partition coefficient (Wildman–Crippen LogP) is 2.06. The highest BCUT2D eigenvalue weighted by Crippen LogP contribution is 2.27. The summed E-state index contributed by atoms with van der Waals surface area (Å²) < 4.78 is 7.48. The van der Waals surface area contributed by atoms with E-state index in [-0.39, 0.29) is 5.91 Å². The van der Waals surface area contributed by atoms with Crippen LogP contribution in [0.5, 0.6) is 0 Å². The normalized spacial score (nSPS) is 14.5. The van der Waals surface area contributed by atoms with Crippen molar-refractivity contribution < 1.29 is 9.53 Å². The van der Waals surface area contributed by atoms with Crippen molar-refractivity contribution in [1.29, 1.82) is 0 Å². The molecule has 2 aromatic rings. The Hall–Kier alpha value is -2.06. The summed E-state index contributed by atoms with van der Waals surface area (Å²) >= 11 is 1.43. The molecule has 1 saturated heterocycles. The average Bonchev–Trinajstić information content (AvgIpc) is 3.12. The molecule has 140 valence electrons. The molecule has 0 radical (unpaired) electrons. The van der Waals surface area contributed by atoms with Gasteiger partial charge in [0.25, 0.3) is 0 Å². The maximum atomic E-state index is 12.4. The third-order valence-corrected chi connectivity index (χ3v) is 5.28. The van der Waals surface area contributed by atoms with Gasteiger partial charge in [0.2, 0.25) is 11.9 Å². The van der Waals surface area contributed by atoms with E-state index in [2.05, 4.69) is 15.1 Å². The standard InChI is InChI=1S/C18H25N5O2S/c1-3-21(4-2)16(24)14-26-18-20-19-17(22-10-12-25-13-11-22)23(18)15-8-6-5-7-9-15/h5-9H,3-4,10-14H2,1-2H3. The lowest BCUT2D eigenvalue weighted by molar-refractivity contribution is -0.127. The Labute approximate surface area is 158 Å². The topological polar surface area (TPSA) is 63.5 Å². The molecule has 0 N–H and O–H groups in total. The Morgan fingerprint density at radius 1 is 1.15 bits per heavy atom. The van der Waals surface area contributed by atoms with Gasteiger partial charge in [0.15, 0.2) is 5.16 Å². The molecule has 1 aromatic heterocycles. The third kappa shape index (κ3) is 4.19. The number of thioether (sulfide) groups is 1. The van der Waals surface area contributed by atoms with Crippen LogP contribution in [0.25, 0.3) is 5.69 Å². The van der Waals surface area contributed by atoms with Crippen molar-refractivity contribution in [2.45, 2.75) is 19.0 Å². The number of hydrogen-bond donors (Lipinski definition) is 0. The van der Waals surface area contributed by atoms with Crippen molar-refractivity contribution in [3.8, 4) is 5.69 Å². The summed E-state index contributed by atoms with van der Waals surface area (Å²) in [5, 5.41) is 9.52. The largest absolute Gasteiger partial charge is 0.378 e. The van der Waals surface area contributed by atoms with Crippen molar-refractivity contribution in [1.82, 2.24) is 19.7 Å². The van der Waals surface area contributed by atoms with E-state index in [1.54, 1.807) is 0 Å². The molecule has 0 saturated carbocycles. The first-order valence-corrected chi connectivity index (χ1v) is 9.97. The third-order valence-electron chi connectivity index (χ3n) is 4.37. The molecule has 0 aliphatic carbocycles. The molecule has 2 heterocycles. The van der Waals surface area contributed by atoms with Gasteiger partial charge in [0, 0.05) is 26.2 Å². The molecule has 8 heteroatoms. The van der Waals surface area contributed by atoms with Gasteiger partial charge in [-0.25, -0.2) is 0 Å². The molecular formula is C18H25N5O2S. The zero-order valence-corrected chi connectivity index (χ0v) is 16.1. The van der Waals surface area contributed by atoms with Crippen LogP contribution >= 0.6 is 11.8 Å². The Balaban J connectivity index is 1.85. The van der Waals surface area contributed by atoms with Crippen molar-refractivity contribution in [2.24, 2.45) is 0 Å². The summed E-state index contributed by atoms with van der Waals surface area (Å²) in [6.07, 6.45) is 0. The average molecular weight is 375 g/mol. The molecule has 0 atom stereocenters. The van der Waals surface area contributed by atoms with Gasteiger partial charge in [-0.3, -0.25) is 9.36 Å². The number of para-hydroxylation sites is 1. The summed E-state index contributed by atoms with van der Waals surface area (Å²) in [6.45, 7) is 8.38. The fourth-order valence-corrected chi connectivity index (χ4v) is 3.77. The molecule has 1 aliphatic heterocycles. The van der Waals surface area contributed by atoms with Crippen LogP contribution in [0.1, 0.15) is 13.8 Å². The van der Waals surface area contributed by atoms with Gasteiger partial charge in [-0.15, -0.1) is 10.2 Å². The van der Waals surface area contributed by atoms with Crippen molar-refractivity contribution in [3.05, 3.63) is 30.3 Å². The smallest absolute Gasteiger partial charge is 0.233 e. The monoisotopic (exact) mass is 375 g/mol. The highest BCUT2D eigenvalue weighted by molar-refractivity contribution is 7.99. The van der Waals surface area contributed by atoms with Crippen LogP contribution in [0.15, 0.2) is 35.5 Å². The summed E-state index contributed by atoms with van der Waals surface area (Å²) in [5.41, 5.74) is 0.997. The lowest BCUT2D eigenvalue weighted by Crippen LogP contribution is -2.37. The van der Waals surface area contributed by atoms with Gasteiger partial charge in [0.05, 0.1) is 24.7 Å². The molecule has 0 spiro atoms.